The van der Waals surface area contributed by atoms with Crippen molar-refractivity contribution in [2.24, 2.45) is 0 Å². The first-order valence-electron chi connectivity index (χ1n) is 7.13. The second kappa shape index (κ2) is 7.85. The molecule has 1 atom stereocenters. The zero-order valence-corrected chi connectivity index (χ0v) is 13.7. The van der Waals surface area contributed by atoms with Gasteiger partial charge in [0, 0.05) is 22.8 Å². The number of nitrogens with one attached hydrogen (secondary N) is 2. The van der Waals surface area contributed by atoms with Crippen molar-refractivity contribution in [1.82, 2.24) is 5.32 Å². The molecule has 0 aliphatic rings. The quantitative estimate of drug-likeness (QED) is 0.783. The van der Waals surface area contributed by atoms with E-state index in [0.717, 1.165) is 5.56 Å². The molecule has 0 heterocycles. The maximum Gasteiger partial charge on any atom is 0.319 e. The van der Waals surface area contributed by atoms with Gasteiger partial charge in [-0.2, -0.15) is 0 Å². The van der Waals surface area contributed by atoms with Crippen molar-refractivity contribution >= 4 is 23.3 Å². The third kappa shape index (κ3) is 4.61. The smallest absolute Gasteiger partial charge is 0.319 e. The standard InChI is InChI=1S/C17H19ClN2O3/c1-11-7-8-12(18)9-14(11)20-17(22)19-10-15(21)13-5-3-4-6-16(13)23-2/h3-9,15,21H,10H2,1-2H3,(H2,19,20,22)/t15-/m0/s1. The average Bonchev–Trinajstić information content (AvgIpc) is 2.56. The average molecular weight is 335 g/mol. The summed E-state index contributed by atoms with van der Waals surface area (Å²) in [6.45, 7) is 1.93. The number of amides is 2. The van der Waals surface area contributed by atoms with Crippen LogP contribution < -0.4 is 15.4 Å². The van der Waals surface area contributed by atoms with Gasteiger partial charge in [0.15, 0.2) is 0 Å². The molecule has 5 nitrogen and oxygen atoms in total. The lowest BCUT2D eigenvalue weighted by atomic mass is 10.1. The van der Waals surface area contributed by atoms with E-state index >= 15 is 0 Å². The minimum Gasteiger partial charge on any atom is -0.496 e. The first-order valence-corrected chi connectivity index (χ1v) is 7.51. The SMILES string of the molecule is COc1ccccc1[C@@H](O)CNC(=O)Nc1cc(Cl)ccc1C. The van der Waals surface area contributed by atoms with Gasteiger partial charge in [-0.3, -0.25) is 0 Å². The van der Waals surface area contributed by atoms with E-state index in [2.05, 4.69) is 10.6 Å². The molecule has 6 heteroatoms. The Bertz CT molecular complexity index is 691. The summed E-state index contributed by atoms with van der Waals surface area (Å²) >= 11 is 5.92. The van der Waals surface area contributed by atoms with Crippen molar-refractivity contribution in [3.63, 3.8) is 0 Å². The topological polar surface area (TPSA) is 70.6 Å². The van der Waals surface area contributed by atoms with Crippen LogP contribution in [-0.4, -0.2) is 24.8 Å². The van der Waals surface area contributed by atoms with Gasteiger partial charge in [0.1, 0.15) is 5.75 Å². The number of rotatable bonds is 5. The van der Waals surface area contributed by atoms with Crippen molar-refractivity contribution in [2.45, 2.75) is 13.0 Å². The van der Waals surface area contributed by atoms with E-state index in [-0.39, 0.29) is 6.54 Å². The molecule has 0 unspecified atom stereocenters. The Labute approximate surface area is 140 Å². The number of ether oxygens (including phenoxy) is 1. The minimum absolute atomic E-state index is 0.0613. The summed E-state index contributed by atoms with van der Waals surface area (Å²) in [5.41, 5.74) is 2.14. The minimum atomic E-state index is -0.864. The van der Waals surface area contributed by atoms with E-state index in [1.807, 2.05) is 19.1 Å². The summed E-state index contributed by atoms with van der Waals surface area (Å²) in [7, 11) is 1.54. The van der Waals surface area contributed by atoms with E-state index in [1.54, 1.807) is 30.3 Å². The lowest BCUT2D eigenvalue weighted by Gasteiger charge is -2.16. The number of benzene rings is 2. The molecule has 0 saturated heterocycles. The van der Waals surface area contributed by atoms with Crippen molar-refractivity contribution < 1.29 is 14.6 Å². The maximum atomic E-state index is 12.0. The highest BCUT2D eigenvalue weighted by atomic mass is 35.5. The molecule has 0 aliphatic heterocycles. The number of urea groups is 1. The van der Waals surface area contributed by atoms with Gasteiger partial charge in [0.2, 0.25) is 0 Å². The summed E-state index contributed by atoms with van der Waals surface area (Å²) in [4.78, 5) is 12.0. The van der Waals surface area contributed by atoms with Crippen LogP contribution in [0, 0.1) is 6.92 Å². The van der Waals surface area contributed by atoms with Gasteiger partial charge < -0.3 is 20.5 Å². The number of aryl methyl sites for hydroxylation is 1. The van der Waals surface area contributed by atoms with E-state index in [9.17, 15) is 9.90 Å². The zero-order chi connectivity index (χ0) is 16.8. The summed E-state index contributed by atoms with van der Waals surface area (Å²) in [6.07, 6.45) is -0.864. The predicted molar refractivity (Wildman–Crippen MR) is 91.2 cm³/mol. The van der Waals surface area contributed by atoms with Crippen molar-refractivity contribution in [3.05, 3.63) is 58.6 Å². The lowest BCUT2D eigenvalue weighted by Crippen LogP contribution is -2.32. The normalized spacial score (nSPS) is 11.7. The van der Waals surface area contributed by atoms with Gasteiger partial charge in [0.25, 0.3) is 0 Å². The third-order valence-corrected chi connectivity index (χ3v) is 3.64. The molecule has 0 radical (unpaired) electrons. The molecule has 0 fully saturated rings. The molecule has 0 bridgehead atoms. The molecule has 2 aromatic rings. The molecule has 3 N–H and O–H groups in total. The number of aliphatic hydroxyl groups excluding tert-OH is 1. The Morgan fingerprint density at radius 3 is 2.78 bits per heavy atom. The Morgan fingerprint density at radius 1 is 1.30 bits per heavy atom. The highest BCUT2D eigenvalue weighted by Gasteiger charge is 2.14. The number of methoxy groups -OCH3 is 1. The monoisotopic (exact) mass is 334 g/mol. The second-order valence-corrected chi connectivity index (χ2v) is 5.49. The van der Waals surface area contributed by atoms with Crippen LogP contribution in [0.3, 0.4) is 0 Å². The van der Waals surface area contributed by atoms with Crippen LogP contribution in [0.1, 0.15) is 17.2 Å². The fraction of sp³-hybridized carbons (Fsp3) is 0.235. The molecular formula is C17H19ClN2O3. The maximum absolute atomic E-state index is 12.0. The van der Waals surface area contributed by atoms with Gasteiger partial charge in [-0.05, 0) is 30.7 Å². The van der Waals surface area contributed by atoms with Gasteiger partial charge in [-0.15, -0.1) is 0 Å². The van der Waals surface area contributed by atoms with Crippen molar-refractivity contribution in [2.75, 3.05) is 19.0 Å². The lowest BCUT2D eigenvalue weighted by molar-refractivity contribution is 0.171. The van der Waals surface area contributed by atoms with Crippen molar-refractivity contribution in [3.8, 4) is 5.75 Å². The Hall–Kier alpha value is -2.24. The van der Waals surface area contributed by atoms with E-state index in [0.29, 0.717) is 22.0 Å². The number of anilines is 1. The van der Waals surface area contributed by atoms with E-state index < -0.39 is 12.1 Å². The zero-order valence-electron chi connectivity index (χ0n) is 13.0. The molecule has 2 amide bonds. The largest absolute Gasteiger partial charge is 0.496 e. The Balaban J connectivity index is 1.95. The summed E-state index contributed by atoms with van der Waals surface area (Å²) in [5, 5.41) is 16.1. The number of hydrogen-bond donors (Lipinski definition) is 3. The van der Waals surface area contributed by atoms with Gasteiger partial charge in [-0.25, -0.2) is 4.79 Å². The van der Waals surface area contributed by atoms with Gasteiger partial charge in [-0.1, -0.05) is 35.9 Å². The van der Waals surface area contributed by atoms with Crippen LogP contribution in [0.5, 0.6) is 5.75 Å². The molecule has 0 aliphatic carbocycles. The van der Waals surface area contributed by atoms with Crippen LogP contribution in [0.2, 0.25) is 5.02 Å². The van der Waals surface area contributed by atoms with Crippen LogP contribution in [0.4, 0.5) is 10.5 Å². The number of para-hydroxylation sites is 1. The molecule has 0 saturated carbocycles. The number of carbonyl (C=O) groups is 1. The molecule has 2 aromatic carbocycles. The number of hydrogen-bond acceptors (Lipinski definition) is 3. The van der Waals surface area contributed by atoms with Gasteiger partial charge >= 0.3 is 6.03 Å². The Morgan fingerprint density at radius 2 is 2.04 bits per heavy atom. The summed E-state index contributed by atoms with van der Waals surface area (Å²) < 4.78 is 5.19. The van der Waals surface area contributed by atoms with Crippen LogP contribution in [0.25, 0.3) is 0 Å². The van der Waals surface area contributed by atoms with E-state index in [1.165, 1.54) is 7.11 Å². The molecule has 23 heavy (non-hydrogen) atoms. The highest BCUT2D eigenvalue weighted by molar-refractivity contribution is 6.31. The van der Waals surface area contributed by atoms with Crippen LogP contribution in [-0.2, 0) is 0 Å². The number of halogens is 1. The predicted octanol–water partition coefficient (Wildman–Crippen LogP) is 3.51. The van der Waals surface area contributed by atoms with Crippen LogP contribution in [0.15, 0.2) is 42.5 Å². The molecule has 122 valence electrons. The molecule has 0 spiro atoms. The van der Waals surface area contributed by atoms with Crippen LogP contribution >= 0.6 is 11.6 Å². The second-order valence-electron chi connectivity index (χ2n) is 5.05. The summed E-state index contributed by atoms with van der Waals surface area (Å²) in [5.74, 6) is 0.577. The molecule has 2 rings (SSSR count). The third-order valence-electron chi connectivity index (χ3n) is 3.40. The fourth-order valence-electron chi connectivity index (χ4n) is 2.14. The number of aliphatic hydroxyl groups is 1. The van der Waals surface area contributed by atoms with Crippen molar-refractivity contribution in [1.29, 1.82) is 0 Å². The first-order chi connectivity index (χ1) is 11.0. The van der Waals surface area contributed by atoms with E-state index in [4.69, 9.17) is 16.3 Å². The molecule has 0 aromatic heterocycles. The number of carbonyl (C=O) groups excluding carboxylic acids is 1. The molecular weight excluding hydrogens is 316 g/mol. The van der Waals surface area contributed by atoms with Gasteiger partial charge in [0.05, 0.1) is 13.2 Å². The highest BCUT2D eigenvalue weighted by Crippen LogP contribution is 2.24. The Kier molecular flexibility index (Phi) is 5.84. The first kappa shape index (κ1) is 17.1. The fourth-order valence-corrected chi connectivity index (χ4v) is 2.31. The summed E-state index contributed by atoms with van der Waals surface area (Å²) in [6, 6.07) is 12.0.